The Morgan fingerprint density at radius 2 is 1.71 bits per heavy atom. The Bertz CT molecular complexity index is 1340. The van der Waals surface area contributed by atoms with Gasteiger partial charge >= 0.3 is 0 Å². The smallest absolute Gasteiger partial charge is 0.270 e. The van der Waals surface area contributed by atoms with Crippen LogP contribution in [0.4, 0.5) is 14.5 Å². The average molecular weight is 467 g/mol. The van der Waals surface area contributed by atoms with Crippen molar-refractivity contribution in [2.24, 2.45) is 0 Å². The van der Waals surface area contributed by atoms with E-state index >= 15 is 0 Å². The maximum absolute atomic E-state index is 13.8. The normalized spacial score (nSPS) is 11.4. The first-order valence-corrected chi connectivity index (χ1v) is 10.8. The fourth-order valence-corrected chi connectivity index (χ4v) is 4.77. The Morgan fingerprint density at radius 1 is 1.06 bits per heavy atom. The number of sulfone groups is 1. The number of nitrogens with zero attached hydrogens (tertiary/aromatic N) is 1. The minimum absolute atomic E-state index is 0.126. The summed E-state index contributed by atoms with van der Waals surface area (Å²) in [6, 6.07) is 9.34. The van der Waals surface area contributed by atoms with Crippen molar-refractivity contribution in [2.45, 2.75) is 30.2 Å². The third-order valence-corrected chi connectivity index (χ3v) is 6.72. The predicted octanol–water partition coefficient (Wildman–Crippen LogP) is 3.87. The molecule has 0 radical (unpaired) electrons. The Balaban J connectivity index is 2.01. The van der Waals surface area contributed by atoms with Gasteiger partial charge in [0.15, 0.2) is 0 Å². The summed E-state index contributed by atoms with van der Waals surface area (Å²) in [5, 5.41) is 2.52. The van der Waals surface area contributed by atoms with E-state index in [-0.39, 0.29) is 10.5 Å². The molecule has 3 rings (SSSR count). The van der Waals surface area contributed by atoms with Crippen molar-refractivity contribution in [3.05, 3.63) is 86.8 Å². The molecule has 2 aromatic carbocycles. The number of pyridine rings is 1. The van der Waals surface area contributed by atoms with Crippen LogP contribution in [0.2, 0.25) is 5.02 Å². The SMILES string of the molecule is Cc1cc(C)n(CC(=O)Nc2cc(F)ccc2F)c(=O)c1S(=O)(=O)c1ccc(Cl)cc1. The van der Waals surface area contributed by atoms with Gasteiger partial charge in [-0.1, -0.05) is 11.6 Å². The fraction of sp³-hybridized carbons (Fsp3) is 0.143. The number of halogens is 3. The van der Waals surface area contributed by atoms with Crippen LogP contribution in [0.25, 0.3) is 0 Å². The second kappa shape index (κ2) is 8.60. The molecule has 162 valence electrons. The molecule has 10 heteroatoms. The van der Waals surface area contributed by atoms with Crippen LogP contribution in [-0.2, 0) is 21.2 Å². The zero-order valence-corrected chi connectivity index (χ0v) is 18.0. The van der Waals surface area contributed by atoms with E-state index in [9.17, 15) is 26.8 Å². The minimum Gasteiger partial charge on any atom is -0.322 e. The van der Waals surface area contributed by atoms with Crippen LogP contribution in [0.5, 0.6) is 0 Å². The van der Waals surface area contributed by atoms with Gasteiger partial charge in [-0.05, 0) is 61.9 Å². The molecule has 0 spiro atoms. The maximum Gasteiger partial charge on any atom is 0.270 e. The molecule has 1 aromatic heterocycles. The number of carbonyl (C=O) groups is 1. The van der Waals surface area contributed by atoms with Crippen LogP contribution >= 0.6 is 11.6 Å². The molecule has 1 amide bonds. The highest BCUT2D eigenvalue weighted by atomic mass is 35.5. The Labute approximate surface area is 182 Å². The number of hydrogen-bond donors (Lipinski definition) is 1. The second-order valence-electron chi connectivity index (χ2n) is 6.82. The lowest BCUT2D eigenvalue weighted by Crippen LogP contribution is -2.33. The molecule has 0 aliphatic heterocycles. The van der Waals surface area contributed by atoms with Crippen molar-refractivity contribution >= 4 is 33.0 Å². The molecule has 1 heterocycles. The minimum atomic E-state index is -4.20. The van der Waals surface area contributed by atoms with Crippen molar-refractivity contribution in [3.8, 4) is 0 Å². The number of aromatic nitrogens is 1. The second-order valence-corrected chi connectivity index (χ2v) is 9.14. The summed E-state index contributed by atoms with van der Waals surface area (Å²) >= 11 is 5.81. The van der Waals surface area contributed by atoms with E-state index in [0.717, 1.165) is 22.8 Å². The van der Waals surface area contributed by atoms with Crippen LogP contribution < -0.4 is 10.9 Å². The molecule has 0 fully saturated rings. The number of hydrogen-bond acceptors (Lipinski definition) is 4. The highest BCUT2D eigenvalue weighted by Crippen LogP contribution is 2.23. The van der Waals surface area contributed by atoms with Gasteiger partial charge in [0.1, 0.15) is 23.1 Å². The van der Waals surface area contributed by atoms with E-state index in [2.05, 4.69) is 5.32 Å². The number of aryl methyl sites for hydroxylation is 2. The number of nitrogens with one attached hydrogen (secondary N) is 1. The third-order valence-electron chi connectivity index (χ3n) is 4.55. The quantitative estimate of drug-likeness (QED) is 0.618. The maximum atomic E-state index is 13.8. The summed E-state index contributed by atoms with van der Waals surface area (Å²) in [5.74, 6) is -2.43. The van der Waals surface area contributed by atoms with Gasteiger partial charge in [0.05, 0.1) is 10.6 Å². The molecule has 3 aromatic rings. The lowest BCUT2D eigenvalue weighted by atomic mass is 10.2. The number of anilines is 1. The first kappa shape index (κ1) is 22.6. The highest BCUT2D eigenvalue weighted by molar-refractivity contribution is 7.91. The number of rotatable bonds is 5. The summed E-state index contributed by atoms with van der Waals surface area (Å²) in [6.45, 7) is 2.41. The van der Waals surface area contributed by atoms with Crippen molar-refractivity contribution in [1.29, 1.82) is 0 Å². The van der Waals surface area contributed by atoms with E-state index < -0.39 is 50.1 Å². The number of benzene rings is 2. The van der Waals surface area contributed by atoms with E-state index in [1.165, 1.54) is 44.2 Å². The van der Waals surface area contributed by atoms with E-state index in [1.54, 1.807) is 0 Å². The van der Waals surface area contributed by atoms with Crippen LogP contribution in [0.3, 0.4) is 0 Å². The molecule has 1 N–H and O–H groups in total. The highest BCUT2D eigenvalue weighted by Gasteiger charge is 2.26. The lowest BCUT2D eigenvalue weighted by Gasteiger charge is -2.15. The van der Waals surface area contributed by atoms with Gasteiger partial charge in [-0.2, -0.15) is 0 Å². The fourth-order valence-electron chi connectivity index (χ4n) is 3.09. The number of amides is 1. The van der Waals surface area contributed by atoms with Crippen LogP contribution in [0.1, 0.15) is 11.3 Å². The molecule has 0 unspecified atom stereocenters. The van der Waals surface area contributed by atoms with Gasteiger partial charge in [-0.25, -0.2) is 17.2 Å². The standard InChI is InChI=1S/C21H17ClF2N2O4S/c1-12-9-13(2)26(11-19(27)25-18-10-15(23)5-8-17(18)24)21(28)20(12)31(29,30)16-6-3-14(22)4-7-16/h3-10H,11H2,1-2H3,(H,25,27). The molecule has 0 bridgehead atoms. The van der Waals surface area contributed by atoms with E-state index in [1.807, 2.05) is 0 Å². The van der Waals surface area contributed by atoms with Gasteiger partial charge in [-0.15, -0.1) is 0 Å². The Morgan fingerprint density at radius 3 is 2.35 bits per heavy atom. The van der Waals surface area contributed by atoms with Crippen molar-refractivity contribution in [1.82, 2.24) is 4.57 Å². The Kier molecular flexibility index (Phi) is 6.28. The zero-order chi connectivity index (χ0) is 22.9. The lowest BCUT2D eigenvalue weighted by molar-refractivity contribution is -0.116. The molecule has 0 aliphatic carbocycles. The summed E-state index contributed by atoms with van der Waals surface area (Å²) < 4.78 is 54.2. The van der Waals surface area contributed by atoms with Gasteiger partial charge in [0.2, 0.25) is 15.7 Å². The van der Waals surface area contributed by atoms with Gasteiger partial charge in [-0.3, -0.25) is 9.59 Å². The average Bonchev–Trinajstić information content (AvgIpc) is 2.68. The third kappa shape index (κ3) is 4.67. The molecule has 0 atom stereocenters. The van der Waals surface area contributed by atoms with Crippen molar-refractivity contribution < 1.29 is 22.0 Å². The monoisotopic (exact) mass is 466 g/mol. The summed E-state index contributed by atoms with van der Waals surface area (Å²) in [7, 11) is -4.20. The molecule has 31 heavy (non-hydrogen) atoms. The largest absolute Gasteiger partial charge is 0.322 e. The van der Waals surface area contributed by atoms with Crippen molar-refractivity contribution in [3.63, 3.8) is 0 Å². The summed E-state index contributed by atoms with van der Waals surface area (Å²) in [5.41, 5.74) is -0.753. The van der Waals surface area contributed by atoms with Gasteiger partial charge in [0, 0.05) is 16.8 Å². The van der Waals surface area contributed by atoms with E-state index in [4.69, 9.17) is 11.6 Å². The van der Waals surface area contributed by atoms with Gasteiger partial charge < -0.3 is 9.88 Å². The molecule has 0 saturated carbocycles. The summed E-state index contributed by atoms with van der Waals surface area (Å²) in [4.78, 5) is 24.8. The summed E-state index contributed by atoms with van der Waals surface area (Å²) in [6.07, 6.45) is 0. The first-order valence-electron chi connectivity index (χ1n) is 8.97. The Hall–Kier alpha value is -3.04. The van der Waals surface area contributed by atoms with Crippen LogP contribution in [0, 0.1) is 25.5 Å². The number of carbonyl (C=O) groups excluding carboxylic acids is 1. The predicted molar refractivity (Wildman–Crippen MR) is 112 cm³/mol. The molecular weight excluding hydrogens is 450 g/mol. The molecule has 6 nitrogen and oxygen atoms in total. The topological polar surface area (TPSA) is 85.2 Å². The molecule has 0 saturated heterocycles. The zero-order valence-electron chi connectivity index (χ0n) is 16.4. The molecule has 0 aliphatic rings. The molecular formula is C21H17ClF2N2O4S. The van der Waals surface area contributed by atoms with Crippen LogP contribution in [-0.4, -0.2) is 18.9 Å². The van der Waals surface area contributed by atoms with Gasteiger partial charge in [0.25, 0.3) is 5.56 Å². The van der Waals surface area contributed by atoms with Crippen LogP contribution in [0.15, 0.2) is 63.1 Å². The van der Waals surface area contributed by atoms with Crippen molar-refractivity contribution in [2.75, 3.05) is 5.32 Å². The van der Waals surface area contributed by atoms with E-state index in [0.29, 0.717) is 10.7 Å². The first-order chi connectivity index (χ1) is 14.5.